The van der Waals surface area contributed by atoms with Crippen LogP contribution in [0.15, 0.2) is 42.9 Å². The molecule has 0 aliphatic heterocycles. The highest BCUT2D eigenvalue weighted by atomic mass is 16.3. The number of hydrogen-bond acceptors (Lipinski definition) is 3. The Bertz CT molecular complexity index is 481. The van der Waals surface area contributed by atoms with Gasteiger partial charge >= 0.3 is 0 Å². The van der Waals surface area contributed by atoms with Gasteiger partial charge in [-0.2, -0.15) is 0 Å². The lowest BCUT2D eigenvalue weighted by Crippen LogP contribution is -2.26. The normalized spacial score (nSPS) is 12.4. The fraction of sp³-hybridized carbons (Fsp3) is 0.357. The lowest BCUT2D eigenvalue weighted by atomic mass is 10.1. The molecular formula is C14H19N3O. The van der Waals surface area contributed by atoms with Crippen LogP contribution in [0.4, 0.5) is 5.69 Å². The topological polar surface area (TPSA) is 41.3 Å². The molecule has 1 atom stereocenters. The zero-order valence-electron chi connectivity index (χ0n) is 10.8. The lowest BCUT2D eigenvalue weighted by molar-refractivity contribution is 0.157. The minimum Gasteiger partial charge on any atom is -0.387 e. The summed E-state index contributed by atoms with van der Waals surface area (Å²) in [5.41, 5.74) is 1.95. The van der Waals surface area contributed by atoms with Crippen LogP contribution in [0.2, 0.25) is 0 Å². The molecule has 1 N–H and O–H groups in total. The van der Waals surface area contributed by atoms with Gasteiger partial charge < -0.3 is 5.11 Å². The molecule has 4 nitrogen and oxygen atoms in total. The molecular weight excluding hydrogens is 226 g/mol. The van der Waals surface area contributed by atoms with Gasteiger partial charge in [0.05, 0.1) is 17.5 Å². The number of pyridine rings is 1. The van der Waals surface area contributed by atoms with Gasteiger partial charge in [0.2, 0.25) is 0 Å². The second-order valence-electron chi connectivity index (χ2n) is 4.31. The Balaban J connectivity index is 2.26. The first-order chi connectivity index (χ1) is 8.74. The minimum absolute atomic E-state index is 0.422. The zero-order valence-corrected chi connectivity index (χ0v) is 10.8. The van der Waals surface area contributed by atoms with Crippen molar-refractivity contribution in [2.75, 3.05) is 12.1 Å². The predicted molar refractivity (Wildman–Crippen MR) is 72.3 cm³/mol. The molecule has 0 aliphatic rings. The highest BCUT2D eigenvalue weighted by molar-refractivity contribution is 5.44. The van der Waals surface area contributed by atoms with Crippen molar-refractivity contribution in [2.24, 2.45) is 0 Å². The molecule has 1 unspecified atom stereocenters. The van der Waals surface area contributed by atoms with Gasteiger partial charge in [0.1, 0.15) is 0 Å². The maximum absolute atomic E-state index is 10.1. The quantitative estimate of drug-likeness (QED) is 0.880. The molecule has 2 aromatic heterocycles. The molecule has 0 saturated carbocycles. The van der Waals surface area contributed by atoms with Crippen molar-refractivity contribution in [1.82, 2.24) is 9.66 Å². The van der Waals surface area contributed by atoms with E-state index < -0.39 is 6.10 Å². The van der Waals surface area contributed by atoms with E-state index in [-0.39, 0.29) is 0 Å². The van der Waals surface area contributed by atoms with E-state index in [2.05, 4.69) is 11.9 Å². The van der Waals surface area contributed by atoms with Crippen LogP contribution < -0.4 is 5.01 Å². The van der Waals surface area contributed by atoms with Crippen LogP contribution in [0, 0.1) is 0 Å². The summed E-state index contributed by atoms with van der Waals surface area (Å²) < 4.78 is 1.97. The SMILES string of the molecule is CCCC(O)c1cccn1N(C)c1ccncc1. The third kappa shape index (κ3) is 2.54. The number of nitrogens with zero attached hydrogens (tertiary/aromatic N) is 3. The molecule has 0 fully saturated rings. The first-order valence-corrected chi connectivity index (χ1v) is 6.23. The Morgan fingerprint density at radius 1 is 1.33 bits per heavy atom. The van der Waals surface area contributed by atoms with Crippen molar-refractivity contribution in [3.8, 4) is 0 Å². The average Bonchev–Trinajstić information content (AvgIpc) is 2.88. The zero-order chi connectivity index (χ0) is 13.0. The number of anilines is 1. The van der Waals surface area contributed by atoms with E-state index in [0.717, 1.165) is 24.2 Å². The third-order valence-electron chi connectivity index (χ3n) is 3.02. The van der Waals surface area contributed by atoms with Crippen molar-refractivity contribution in [3.63, 3.8) is 0 Å². The maximum Gasteiger partial charge on any atom is 0.0959 e. The monoisotopic (exact) mass is 245 g/mol. The first kappa shape index (κ1) is 12.6. The van der Waals surface area contributed by atoms with Crippen molar-refractivity contribution in [1.29, 1.82) is 0 Å². The van der Waals surface area contributed by atoms with Gasteiger partial charge in [-0.3, -0.25) is 14.7 Å². The molecule has 0 amide bonds. The van der Waals surface area contributed by atoms with Gasteiger partial charge in [-0.1, -0.05) is 13.3 Å². The van der Waals surface area contributed by atoms with Gasteiger partial charge in [0.25, 0.3) is 0 Å². The largest absolute Gasteiger partial charge is 0.387 e. The molecule has 0 bridgehead atoms. The van der Waals surface area contributed by atoms with E-state index in [1.165, 1.54) is 0 Å². The summed E-state index contributed by atoms with van der Waals surface area (Å²) in [6.07, 6.45) is 6.79. The molecule has 0 radical (unpaired) electrons. The molecule has 0 aliphatic carbocycles. The average molecular weight is 245 g/mol. The lowest BCUT2D eigenvalue weighted by Gasteiger charge is -2.25. The predicted octanol–water partition coefficient (Wildman–Crippen LogP) is 2.62. The van der Waals surface area contributed by atoms with Crippen molar-refractivity contribution < 1.29 is 5.11 Å². The van der Waals surface area contributed by atoms with Crippen LogP contribution in [-0.2, 0) is 0 Å². The van der Waals surface area contributed by atoms with Crippen molar-refractivity contribution in [2.45, 2.75) is 25.9 Å². The summed E-state index contributed by atoms with van der Waals surface area (Å²) >= 11 is 0. The van der Waals surface area contributed by atoms with E-state index in [9.17, 15) is 5.11 Å². The molecule has 0 spiro atoms. The van der Waals surface area contributed by atoms with Gasteiger partial charge in [0.15, 0.2) is 0 Å². The van der Waals surface area contributed by atoms with Crippen LogP contribution in [0.5, 0.6) is 0 Å². The fourth-order valence-corrected chi connectivity index (χ4v) is 2.03. The Morgan fingerprint density at radius 3 is 2.72 bits per heavy atom. The van der Waals surface area contributed by atoms with E-state index >= 15 is 0 Å². The summed E-state index contributed by atoms with van der Waals surface area (Å²) in [5, 5.41) is 12.1. The molecule has 4 heteroatoms. The Morgan fingerprint density at radius 2 is 2.06 bits per heavy atom. The second kappa shape index (κ2) is 5.69. The number of aromatic nitrogens is 2. The summed E-state index contributed by atoms with van der Waals surface area (Å²) in [6, 6.07) is 7.79. The molecule has 2 rings (SSSR count). The number of hydrogen-bond donors (Lipinski definition) is 1. The molecule has 18 heavy (non-hydrogen) atoms. The smallest absolute Gasteiger partial charge is 0.0959 e. The highest BCUT2D eigenvalue weighted by Gasteiger charge is 2.14. The highest BCUT2D eigenvalue weighted by Crippen LogP contribution is 2.21. The van der Waals surface area contributed by atoms with E-state index in [4.69, 9.17) is 0 Å². The Kier molecular flexibility index (Phi) is 3.99. The van der Waals surface area contributed by atoms with Crippen LogP contribution >= 0.6 is 0 Å². The van der Waals surface area contributed by atoms with Gasteiger partial charge in [-0.25, -0.2) is 0 Å². The van der Waals surface area contributed by atoms with Crippen molar-refractivity contribution >= 4 is 5.69 Å². The third-order valence-corrected chi connectivity index (χ3v) is 3.02. The second-order valence-corrected chi connectivity index (χ2v) is 4.31. The summed E-state index contributed by atoms with van der Waals surface area (Å²) in [5.74, 6) is 0. The van der Waals surface area contributed by atoms with Gasteiger partial charge in [-0.15, -0.1) is 0 Å². The number of aliphatic hydroxyl groups excluding tert-OH is 1. The van der Waals surface area contributed by atoms with E-state index in [0.29, 0.717) is 0 Å². The van der Waals surface area contributed by atoms with Crippen molar-refractivity contribution in [3.05, 3.63) is 48.5 Å². The van der Waals surface area contributed by atoms with E-state index in [1.807, 2.05) is 47.2 Å². The first-order valence-electron chi connectivity index (χ1n) is 6.23. The van der Waals surface area contributed by atoms with Gasteiger partial charge in [0, 0.05) is 25.6 Å². The molecule has 0 saturated heterocycles. The standard InChI is InChI=1S/C14H19N3O/c1-3-5-14(18)13-6-4-11-17(13)16(2)12-7-9-15-10-8-12/h4,6-11,14,18H,3,5H2,1-2H3. The van der Waals surface area contributed by atoms with Gasteiger partial charge in [-0.05, 0) is 30.7 Å². The molecule has 2 aromatic rings. The van der Waals surface area contributed by atoms with Crippen LogP contribution in [0.25, 0.3) is 0 Å². The van der Waals surface area contributed by atoms with E-state index in [1.54, 1.807) is 12.4 Å². The summed E-state index contributed by atoms with van der Waals surface area (Å²) in [6.45, 7) is 2.07. The molecule has 0 aromatic carbocycles. The maximum atomic E-state index is 10.1. The Labute approximate surface area is 107 Å². The number of rotatable bonds is 5. The number of aliphatic hydroxyl groups is 1. The van der Waals surface area contributed by atoms with Crippen LogP contribution in [-0.4, -0.2) is 21.8 Å². The fourth-order valence-electron chi connectivity index (χ4n) is 2.03. The Hall–Kier alpha value is -1.81. The minimum atomic E-state index is -0.422. The summed E-state index contributed by atoms with van der Waals surface area (Å²) in [4.78, 5) is 4.01. The van der Waals surface area contributed by atoms with Crippen LogP contribution in [0.3, 0.4) is 0 Å². The summed E-state index contributed by atoms with van der Waals surface area (Å²) in [7, 11) is 1.97. The van der Waals surface area contributed by atoms with Crippen LogP contribution in [0.1, 0.15) is 31.6 Å². The molecule has 2 heterocycles. The molecule has 96 valence electrons.